The number of carboxylic acids is 1. The van der Waals surface area contributed by atoms with E-state index >= 15 is 0 Å². The summed E-state index contributed by atoms with van der Waals surface area (Å²) in [6, 6.07) is 0. The first kappa shape index (κ1) is 15.5. The Bertz CT molecular complexity index is 429. The summed E-state index contributed by atoms with van der Waals surface area (Å²) in [7, 11) is -6.61. The van der Waals surface area contributed by atoms with Gasteiger partial charge in [0.1, 0.15) is 0 Å². The molecule has 100 valence electrons. The van der Waals surface area contributed by atoms with Gasteiger partial charge in [0.05, 0.1) is 5.97 Å². The zero-order valence-corrected chi connectivity index (χ0v) is 8.11. The summed E-state index contributed by atoms with van der Waals surface area (Å²) >= 11 is 0. The zero-order valence-electron chi connectivity index (χ0n) is 7.29. The lowest BCUT2D eigenvalue weighted by molar-refractivity contribution is -0.298. The number of rotatable bonds is 3. The maximum atomic E-state index is 11.9. The zero-order chi connectivity index (χ0) is 14.1. The molecule has 0 aromatic rings. The van der Waals surface area contributed by atoms with Crippen molar-refractivity contribution in [3.05, 3.63) is 11.8 Å². The van der Waals surface area contributed by atoms with Gasteiger partial charge in [0.2, 0.25) is 5.76 Å². The Kier molecular flexibility index (Phi) is 4.05. The number of aliphatic carboxylic acids is 1. The predicted octanol–water partition coefficient (Wildman–Crippen LogP) is 0.0487. The van der Waals surface area contributed by atoms with Gasteiger partial charge in [-0.05, 0) is 0 Å². The van der Waals surface area contributed by atoms with Crippen molar-refractivity contribution >= 4 is 16.1 Å². The van der Waals surface area contributed by atoms with E-state index in [4.69, 9.17) is 0 Å². The van der Waals surface area contributed by atoms with Crippen LogP contribution in [0.4, 0.5) is 26.3 Å². The fraction of sp³-hybridized carbons (Fsp3) is 0.400. The Morgan fingerprint density at radius 1 is 1.12 bits per heavy atom. The molecule has 0 radical (unpaired) electrons. The van der Waals surface area contributed by atoms with Crippen LogP contribution in [0.15, 0.2) is 11.8 Å². The van der Waals surface area contributed by atoms with Crippen molar-refractivity contribution < 1.29 is 48.8 Å². The molecule has 12 heteroatoms. The minimum atomic E-state index is -6.61. The Morgan fingerprint density at radius 2 is 1.53 bits per heavy atom. The molecule has 0 rings (SSSR count). The van der Waals surface area contributed by atoms with E-state index in [9.17, 15) is 44.7 Å². The van der Waals surface area contributed by atoms with Crippen molar-refractivity contribution in [1.82, 2.24) is 0 Å². The smallest absolute Gasteiger partial charge is 0.534 e. The Morgan fingerprint density at radius 3 is 1.76 bits per heavy atom. The van der Waals surface area contributed by atoms with Crippen molar-refractivity contribution in [2.24, 2.45) is 0 Å². The molecule has 0 saturated heterocycles. The maximum absolute atomic E-state index is 11.9. The second-order valence-corrected chi connectivity index (χ2v) is 3.85. The van der Waals surface area contributed by atoms with Crippen molar-refractivity contribution in [3.8, 4) is 0 Å². The number of hydrogen-bond acceptors (Lipinski definition) is 5. The number of hydrogen-bond donors (Lipinski definition) is 0. The lowest BCUT2D eigenvalue weighted by atomic mass is 10.4. The fourth-order valence-electron chi connectivity index (χ4n) is 0.426. The molecule has 0 unspecified atom stereocenters. The molecule has 0 N–H and O–H groups in total. The Labute approximate surface area is 89.4 Å². The minimum absolute atomic E-state index is 0.955. The van der Waals surface area contributed by atoms with E-state index in [1.165, 1.54) is 0 Å². The topological polar surface area (TPSA) is 83.5 Å². The van der Waals surface area contributed by atoms with Gasteiger partial charge in [-0.1, -0.05) is 0 Å². The molecule has 0 saturated carbocycles. The van der Waals surface area contributed by atoms with Crippen LogP contribution in [-0.4, -0.2) is 26.1 Å². The fourth-order valence-corrected chi connectivity index (χ4v) is 0.899. The molecule has 0 fully saturated rings. The molecule has 0 heterocycles. The van der Waals surface area contributed by atoms with E-state index in [2.05, 4.69) is 4.18 Å². The van der Waals surface area contributed by atoms with Gasteiger partial charge in [-0.2, -0.15) is 34.8 Å². The van der Waals surface area contributed by atoms with Crippen molar-refractivity contribution in [3.63, 3.8) is 0 Å². The van der Waals surface area contributed by atoms with E-state index in [0.29, 0.717) is 0 Å². The number of carbonyl (C=O) groups is 1. The highest BCUT2D eigenvalue weighted by Crippen LogP contribution is 2.33. The van der Waals surface area contributed by atoms with Crippen molar-refractivity contribution in [1.29, 1.82) is 0 Å². The summed E-state index contributed by atoms with van der Waals surface area (Å²) in [5.74, 6) is -5.44. The Balaban J connectivity index is 5.40. The van der Waals surface area contributed by atoms with Gasteiger partial charge in [0.25, 0.3) is 0 Å². The van der Waals surface area contributed by atoms with Crippen LogP contribution >= 0.6 is 0 Å². The average molecular weight is 287 g/mol. The summed E-state index contributed by atoms with van der Waals surface area (Å²) in [5, 5.41) is 9.75. The number of alkyl halides is 6. The highest BCUT2D eigenvalue weighted by molar-refractivity contribution is 7.87. The third-order valence-corrected chi connectivity index (χ3v) is 1.98. The number of carbonyl (C=O) groups excluding carboxylic acids is 1. The highest BCUT2D eigenvalue weighted by Gasteiger charge is 2.52. The monoisotopic (exact) mass is 287 g/mol. The van der Waals surface area contributed by atoms with Crippen LogP contribution in [-0.2, 0) is 19.1 Å². The molecule has 0 atom stereocenters. The Hall–Kier alpha value is -1.46. The maximum Gasteiger partial charge on any atom is 0.534 e. The van der Waals surface area contributed by atoms with Gasteiger partial charge < -0.3 is 14.1 Å². The van der Waals surface area contributed by atoms with Gasteiger partial charge in [-0.25, -0.2) is 0 Å². The van der Waals surface area contributed by atoms with Gasteiger partial charge >= 0.3 is 21.8 Å². The third-order valence-electron chi connectivity index (χ3n) is 1.01. The molecular formula is C5HF6O5S-. The van der Waals surface area contributed by atoms with Crippen LogP contribution in [0.3, 0.4) is 0 Å². The molecule has 0 aromatic carbocycles. The molecular weight excluding hydrogens is 286 g/mol. The summed E-state index contributed by atoms with van der Waals surface area (Å²) in [4.78, 5) is 9.75. The van der Waals surface area contributed by atoms with Crippen LogP contribution in [0, 0.1) is 0 Å². The van der Waals surface area contributed by atoms with E-state index in [1.807, 2.05) is 0 Å². The second kappa shape index (κ2) is 4.43. The van der Waals surface area contributed by atoms with E-state index in [1.54, 1.807) is 0 Å². The normalized spacial score (nSPS) is 14.6. The van der Waals surface area contributed by atoms with Crippen LogP contribution in [0.25, 0.3) is 0 Å². The highest BCUT2D eigenvalue weighted by atomic mass is 32.2. The largest absolute Gasteiger partial charge is 0.545 e. The number of halogens is 6. The SMILES string of the molecule is O=C([O-])/C=C(\OS(=O)(=O)C(F)(F)F)C(F)(F)F. The van der Waals surface area contributed by atoms with Crippen LogP contribution in [0.5, 0.6) is 0 Å². The minimum Gasteiger partial charge on any atom is -0.545 e. The summed E-state index contributed by atoms with van der Waals surface area (Å²) in [6.45, 7) is 0. The first-order valence-electron chi connectivity index (χ1n) is 3.28. The van der Waals surface area contributed by atoms with Crippen LogP contribution in [0.1, 0.15) is 0 Å². The number of carboxylic acid groups (broad SMARTS) is 1. The molecule has 0 aromatic heterocycles. The molecule has 0 aliphatic heterocycles. The average Bonchev–Trinajstić information content (AvgIpc) is 1.97. The van der Waals surface area contributed by atoms with Crippen molar-refractivity contribution in [2.75, 3.05) is 0 Å². The first-order chi connectivity index (χ1) is 7.27. The molecule has 0 aliphatic carbocycles. The van der Waals surface area contributed by atoms with Crippen LogP contribution in [0.2, 0.25) is 0 Å². The lowest BCUT2D eigenvalue weighted by Crippen LogP contribution is -2.30. The third kappa shape index (κ3) is 4.50. The lowest BCUT2D eigenvalue weighted by Gasteiger charge is -2.14. The summed E-state index contributed by atoms with van der Waals surface area (Å²) in [5.41, 5.74) is -6.12. The molecule has 0 amide bonds. The van der Waals surface area contributed by atoms with E-state index in [0.717, 1.165) is 0 Å². The second-order valence-electron chi connectivity index (χ2n) is 2.31. The molecule has 0 aliphatic rings. The summed E-state index contributed by atoms with van der Waals surface area (Å²) < 4.78 is 93.6. The van der Waals surface area contributed by atoms with Crippen LogP contribution < -0.4 is 5.11 Å². The molecule has 0 spiro atoms. The predicted molar refractivity (Wildman–Crippen MR) is 35.2 cm³/mol. The van der Waals surface area contributed by atoms with E-state index < -0.39 is 39.6 Å². The summed E-state index contributed by atoms with van der Waals surface area (Å²) in [6.07, 6.45) is -6.69. The van der Waals surface area contributed by atoms with Gasteiger partial charge in [0.15, 0.2) is 0 Å². The molecule has 17 heavy (non-hydrogen) atoms. The number of allylic oxidation sites excluding steroid dienone is 1. The quantitative estimate of drug-likeness (QED) is 0.241. The van der Waals surface area contributed by atoms with Crippen molar-refractivity contribution in [2.45, 2.75) is 11.7 Å². The van der Waals surface area contributed by atoms with Gasteiger partial charge in [-0.15, -0.1) is 0 Å². The van der Waals surface area contributed by atoms with E-state index in [-0.39, 0.29) is 0 Å². The molecule has 5 nitrogen and oxygen atoms in total. The first-order valence-corrected chi connectivity index (χ1v) is 4.69. The van der Waals surface area contributed by atoms with Gasteiger partial charge in [-0.3, -0.25) is 0 Å². The van der Waals surface area contributed by atoms with Gasteiger partial charge in [0, 0.05) is 6.08 Å². The standard InChI is InChI=1S/C5H2F6O5S/c6-4(7,8)2(1-3(12)13)16-17(14,15)5(9,10)11/h1H,(H,12,13)/p-1/b2-1-. The molecule has 0 bridgehead atoms.